The summed E-state index contributed by atoms with van der Waals surface area (Å²) in [4.78, 5) is 23.1. The molecule has 1 aliphatic carbocycles. The van der Waals surface area contributed by atoms with E-state index in [1.165, 1.54) is 18.4 Å². The van der Waals surface area contributed by atoms with Crippen LogP contribution in [0.25, 0.3) is 0 Å². The lowest BCUT2D eigenvalue weighted by atomic mass is 9.69. The van der Waals surface area contributed by atoms with Gasteiger partial charge in [0.2, 0.25) is 5.91 Å². The number of aldehydes is 1. The minimum Gasteiger partial charge on any atom is -0.369 e. The van der Waals surface area contributed by atoms with E-state index in [2.05, 4.69) is 23.9 Å². The average Bonchev–Trinajstić information content (AvgIpc) is 2.72. The van der Waals surface area contributed by atoms with Gasteiger partial charge in [0.1, 0.15) is 6.29 Å². The molecule has 0 aromatic heterocycles. The van der Waals surface area contributed by atoms with Crippen molar-refractivity contribution in [3.8, 4) is 0 Å². The first-order chi connectivity index (χ1) is 14.9. The van der Waals surface area contributed by atoms with Crippen molar-refractivity contribution in [3.63, 3.8) is 0 Å². The van der Waals surface area contributed by atoms with Gasteiger partial charge in [-0.05, 0) is 82.5 Å². The van der Waals surface area contributed by atoms with Crippen LogP contribution in [0.3, 0.4) is 0 Å². The topological polar surface area (TPSA) is 84.2 Å². The van der Waals surface area contributed by atoms with Crippen molar-refractivity contribution < 1.29 is 9.59 Å². The molecule has 1 fully saturated rings. The Balaban J connectivity index is 0.000000323. The Morgan fingerprint density at radius 3 is 2.41 bits per heavy atom. The zero-order valence-electron chi connectivity index (χ0n) is 20.1. The molecule has 182 valence electrons. The molecule has 0 aliphatic heterocycles. The number of rotatable bonds is 7. The molecule has 1 amide bonds. The Morgan fingerprint density at radius 2 is 1.94 bits per heavy atom. The van der Waals surface area contributed by atoms with Crippen LogP contribution >= 0.6 is 35.1 Å². The van der Waals surface area contributed by atoms with Crippen LogP contribution in [0.2, 0.25) is 10.0 Å². The molecular weight excluding hydrogens is 465 g/mol. The molecule has 2 rings (SSSR count). The molecule has 4 N–H and O–H groups in total. The Morgan fingerprint density at radius 1 is 1.34 bits per heavy atom. The Labute approximate surface area is 208 Å². The van der Waals surface area contributed by atoms with Crippen molar-refractivity contribution in [2.24, 2.45) is 23.0 Å². The fourth-order valence-electron chi connectivity index (χ4n) is 4.02. The third-order valence-corrected chi connectivity index (χ3v) is 8.44. The van der Waals surface area contributed by atoms with Crippen LogP contribution in [0.15, 0.2) is 23.1 Å². The van der Waals surface area contributed by atoms with E-state index in [1.807, 2.05) is 14.0 Å². The second-order valence-corrected chi connectivity index (χ2v) is 11.3. The largest absolute Gasteiger partial charge is 0.369 e. The van der Waals surface area contributed by atoms with Crippen LogP contribution in [0, 0.1) is 17.3 Å². The SMILES string of the molecule is CC(C)(C=O)NSc1c(Cl)cccc1Cl.CCC1CC(C)C(NC)CCC(C)(C(N)=O)C1. The van der Waals surface area contributed by atoms with E-state index in [0.717, 1.165) is 36.9 Å². The van der Waals surface area contributed by atoms with E-state index in [9.17, 15) is 9.59 Å². The molecule has 0 spiro atoms. The van der Waals surface area contributed by atoms with E-state index in [1.54, 1.807) is 32.0 Å². The maximum atomic E-state index is 11.7. The fraction of sp³-hybridized carbons (Fsp3) is 0.667. The summed E-state index contributed by atoms with van der Waals surface area (Å²) >= 11 is 13.2. The van der Waals surface area contributed by atoms with Crippen LogP contribution in [0.5, 0.6) is 0 Å². The van der Waals surface area contributed by atoms with E-state index < -0.39 is 5.54 Å². The molecule has 8 heteroatoms. The van der Waals surface area contributed by atoms with Crippen molar-refractivity contribution in [2.75, 3.05) is 7.05 Å². The summed E-state index contributed by atoms with van der Waals surface area (Å²) in [6.07, 6.45) is 6.10. The van der Waals surface area contributed by atoms with E-state index >= 15 is 0 Å². The molecule has 32 heavy (non-hydrogen) atoms. The minimum atomic E-state index is -0.604. The quantitative estimate of drug-likeness (QED) is 0.320. The molecule has 0 saturated heterocycles. The zero-order valence-corrected chi connectivity index (χ0v) is 22.5. The number of hydrogen-bond donors (Lipinski definition) is 3. The summed E-state index contributed by atoms with van der Waals surface area (Å²) < 4.78 is 2.99. The van der Waals surface area contributed by atoms with Crippen molar-refractivity contribution in [2.45, 2.75) is 83.2 Å². The monoisotopic (exact) mass is 503 g/mol. The zero-order chi connectivity index (χ0) is 24.5. The second kappa shape index (κ2) is 13.2. The van der Waals surface area contributed by atoms with Gasteiger partial charge < -0.3 is 15.8 Å². The van der Waals surface area contributed by atoms with Gasteiger partial charge in [0.25, 0.3) is 0 Å². The van der Waals surface area contributed by atoms with E-state index in [4.69, 9.17) is 28.9 Å². The Bertz CT molecular complexity index is 743. The van der Waals surface area contributed by atoms with Crippen LogP contribution in [0.1, 0.15) is 66.7 Å². The molecule has 0 radical (unpaired) electrons. The van der Waals surface area contributed by atoms with Crippen LogP contribution in [-0.2, 0) is 9.59 Å². The highest BCUT2D eigenvalue weighted by molar-refractivity contribution is 7.97. The maximum Gasteiger partial charge on any atom is 0.223 e. The van der Waals surface area contributed by atoms with Gasteiger partial charge in [0.15, 0.2) is 0 Å². The van der Waals surface area contributed by atoms with Crippen molar-refractivity contribution in [3.05, 3.63) is 28.2 Å². The average molecular weight is 505 g/mol. The van der Waals surface area contributed by atoms with E-state index in [0.29, 0.717) is 27.9 Å². The van der Waals surface area contributed by atoms with Gasteiger partial charge in [0.05, 0.1) is 20.5 Å². The van der Waals surface area contributed by atoms with Crippen molar-refractivity contribution in [1.29, 1.82) is 0 Å². The third kappa shape index (κ3) is 8.86. The highest BCUT2D eigenvalue weighted by atomic mass is 35.5. The molecular formula is C24H39Cl2N3O2S. The number of amides is 1. The van der Waals surface area contributed by atoms with Crippen LogP contribution in [0.4, 0.5) is 0 Å². The van der Waals surface area contributed by atoms with Gasteiger partial charge in [-0.15, -0.1) is 0 Å². The number of halogens is 2. The van der Waals surface area contributed by atoms with Gasteiger partial charge in [-0.3, -0.25) is 4.79 Å². The van der Waals surface area contributed by atoms with Gasteiger partial charge in [-0.2, -0.15) is 0 Å². The summed E-state index contributed by atoms with van der Waals surface area (Å²) in [5.41, 5.74) is 4.69. The molecule has 4 unspecified atom stereocenters. The number of hydrogen-bond acceptors (Lipinski definition) is 5. The molecule has 0 heterocycles. The van der Waals surface area contributed by atoms with Gasteiger partial charge in [-0.25, -0.2) is 4.72 Å². The van der Waals surface area contributed by atoms with E-state index in [-0.39, 0.29) is 11.3 Å². The van der Waals surface area contributed by atoms with Gasteiger partial charge in [-0.1, -0.05) is 56.5 Å². The number of carbonyl (C=O) groups excluding carboxylic acids is 2. The summed E-state index contributed by atoms with van der Waals surface area (Å²) in [7, 11) is 2.02. The molecule has 4 atom stereocenters. The number of nitrogens with one attached hydrogen (secondary N) is 2. The van der Waals surface area contributed by atoms with Crippen molar-refractivity contribution in [1.82, 2.24) is 10.0 Å². The first-order valence-corrected chi connectivity index (χ1v) is 12.8. The highest BCUT2D eigenvalue weighted by Crippen LogP contribution is 2.39. The Kier molecular flexibility index (Phi) is 12.1. The number of primary amides is 1. The Hall–Kier alpha value is -0.790. The normalized spacial score (nSPS) is 26.3. The lowest BCUT2D eigenvalue weighted by molar-refractivity contribution is -0.128. The summed E-state index contributed by atoms with van der Waals surface area (Å²) in [6, 6.07) is 5.80. The second-order valence-electron chi connectivity index (χ2n) is 9.64. The fourth-order valence-corrected chi connectivity index (χ4v) is 5.39. The van der Waals surface area contributed by atoms with Gasteiger partial charge >= 0.3 is 0 Å². The lowest BCUT2D eigenvalue weighted by Gasteiger charge is -2.38. The third-order valence-electron chi connectivity index (χ3n) is 6.31. The summed E-state index contributed by atoms with van der Waals surface area (Å²) in [5.74, 6) is 1.18. The number of benzene rings is 1. The smallest absolute Gasteiger partial charge is 0.223 e. The lowest BCUT2D eigenvalue weighted by Crippen LogP contribution is -2.42. The number of carbonyl (C=O) groups is 2. The summed E-state index contributed by atoms with van der Waals surface area (Å²) in [6.45, 7) is 10.1. The van der Waals surface area contributed by atoms with Crippen molar-refractivity contribution >= 4 is 47.3 Å². The number of nitrogens with two attached hydrogens (primary N) is 1. The maximum absolute atomic E-state index is 11.7. The molecule has 1 aliphatic rings. The molecule has 1 saturated carbocycles. The predicted molar refractivity (Wildman–Crippen MR) is 137 cm³/mol. The standard InChI is InChI=1S/C14H28N2O.C10H11Cl2NOS/c1-5-11-8-10(2)12(16-4)6-7-14(3,9-11)13(15)17;1-10(2,6-14)13-15-9-7(11)4-3-5-8(9)12/h10-12,16H,5-9H2,1-4H3,(H2,15,17);3-6,13H,1-2H3. The highest BCUT2D eigenvalue weighted by Gasteiger charge is 2.37. The first-order valence-electron chi connectivity index (χ1n) is 11.2. The molecule has 5 nitrogen and oxygen atoms in total. The van der Waals surface area contributed by atoms with Gasteiger partial charge in [0, 0.05) is 11.5 Å². The molecule has 0 bridgehead atoms. The first kappa shape index (κ1) is 29.2. The molecule has 1 aromatic carbocycles. The predicted octanol–water partition coefficient (Wildman–Crippen LogP) is 5.87. The molecule has 1 aromatic rings. The van der Waals surface area contributed by atoms with Crippen LogP contribution < -0.4 is 15.8 Å². The van der Waals surface area contributed by atoms with Crippen LogP contribution in [-0.4, -0.2) is 30.8 Å². The minimum absolute atomic E-state index is 0.125. The summed E-state index contributed by atoms with van der Waals surface area (Å²) in [5, 5.41) is 4.53.